The van der Waals surface area contributed by atoms with Crippen molar-refractivity contribution in [2.24, 2.45) is 0 Å². The fourth-order valence-corrected chi connectivity index (χ4v) is 1.40. The molecule has 0 aliphatic heterocycles. The van der Waals surface area contributed by atoms with Crippen molar-refractivity contribution in [1.82, 2.24) is 10.3 Å². The van der Waals surface area contributed by atoms with Crippen LogP contribution in [0.15, 0.2) is 12.1 Å². The minimum Gasteiger partial charge on any atom is -0.478 e. The van der Waals surface area contributed by atoms with Crippen LogP contribution in [0.4, 0.5) is 0 Å². The summed E-state index contributed by atoms with van der Waals surface area (Å²) in [6.45, 7) is 1.58. The normalized spacial score (nSPS) is 14.6. The summed E-state index contributed by atoms with van der Waals surface area (Å²) < 4.78 is 0. The van der Waals surface area contributed by atoms with Crippen molar-refractivity contribution in [2.75, 3.05) is 0 Å². The van der Waals surface area contributed by atoms with Crippen molar-refractivity contribution >= 4 is 11.9 Å². The Balaban J connectivity index is 2.19. The lowest BCUT2D eigenvalue weighted by atomic mass is 10.2. The lowest BCUT2D eigenvalue weighted by Crippen LogP contribution is -2.26. The van der Waals surface area contributed by atoms with Gasteiger partial charge in [0.25, 0.3) is 5.91 Å². The number of pyridine rings is 1. The molecule has 0 unspecified atom stereocenters. The summed E-state index contributed by atoms with van der Waals surface area (Å²) in [6.07, 6.45) is 2.02. The minimum atomic E-state index is -1.03. The lowest BCUT2D eigenvalue weighted by Gasteiger charge is -2.05. The molecule has 1 aromatic heterocycles. The highest BCUT2D eigenvalue weighted by Crippen LogP contribution is 2.19. The first kappa shape index (κ1) is 10.6. The molecule has 16 heavy (non-hydrogen) atoms. The second kappa shape index (κ2) is 3.92. The van der Waals surface area contributed by atoms with Gasteiger partial charge in [0.05, 0.1) is 11.3 Å². The Hall–Kier alpha value is -1.91. The highest BCUT2D eigenvalue weighted by Gasteiger charge is 2.24. The Morgan fingerprint density at radius 2 is 2.12 bits per heavy atom. The van der Waals surface area contributed by atoms with Gasteiger partial charge in [0.15, 0.2) is 0 Å². The zero-order valence-corrected chi connectivity index (χ0v) is 8.86. The van der Waals surface area contributed by atoms with Crippen molar-refractivity contribution in [2.45, 2.75) is 25.8 Å². The molecule has 0 radical (unpaired) electrons. The second-order valence-electron chi connectivity index (χ2n) is 3.88. The number of nitrogens with one attached hydrogen (secondary N) is 1. The van der Waals surface area contributed by atoms with E-state index in [9.17, 15) is 9.59 Å². The molecule has 1 fully saturated rings. The van der Waals surface area contributed by atoms with Gasteiger partial charge in [-0.15, -0.1) is 0 Å². The number of carboxylic acids is 1. The van der Waals surface area contributed by atoms with E-state index < -0.39 is 5.97 Å². The minimum absolute atomic E-state index is 0.128. The fraction of sp³-hybridized carbons (Fsp3) is 0.364. The van der Waals surface area contributed by atoms with Gasteiger partial charge in [0.1, 0.15) is 5.69 Å². The van der Waals surface area contributed by atoms with E-state index in [0.717, 1.165) is 12.8 Å². The fourth-order valence-electron chi connectivity index (χ4n) is 1.40. The third-order valence-electron chi connectivity index (χ3n) is 2.46. The van der Waals surface area contributed by atoms with Gasteiger partial charge in [0, 0.05) is 6.04 Å². The van der Waals surface area contributed by atoms with E-state index in [1.807, 2.05) is 0 Å². The van der Waals surface area contributed by atoms with Crippen LogP contribution in [0.25, 0.3) is 0 Å². The van der Waals surface area contributed by atoms with Crippen LogP contribution >= 0.6 is 0 Å². The Morgan fingerprint density at radius 3 is 2.62 bits per heavy atom. The first-order chi connectivity index (χ1) is 7.58. The summed E-state index contributed by atoms with van der Waals surface area (Å²) in [5.74, 6) is -1.26. The lowest BCUT2D eigenvalue weighted by molar-refractivity contribution is 0.0694. The number of rotatable bonds is 3. The summed E-state index contributed by atoms with van der Waals surface area (Å²) in [5.41, 5.74) is 0.758. The van der Waals surface area contributed by atoms with Crippen LogP contribution in [0.3, 0.4) is 0 Å². The molecule has 5 heteroatoms. The number of amides is 1. The van der Waals surface area contributed by atoms with E-state index in [2.05, 4.69) is 10.3 Å². The molecule has 1 aliphatic carbocycles. The molecule has 2 N–H and O–H groups in total. The van der Waals surface area contributed by atoms with Crippen LogP contribution in [0, 0.1) is 6.92 Å². The molecule has 84 valence electrons. The first-order valence-corrected chi connectivity index (χ1v) is 5.09. The molecule has 1 heterocycles. The summed E-state index contributed by atoms with van der Waals surface area (Å²) in [7, 11) is 0. The average molecular weight is 220 g/mol. The standard InChI is InChI=1S/C11H12N2O3/c1-6-8(11(15)16)4-5-9(12-6)10(14)13-7-2-3-7/h4-5,7H,2-3H2,1H3,(H,13,14)(H,15,16). The van der Waals surface area contributed by atoms with Gasteiger partial charge in [0.2, 0.25) is 0 Å². The van der Waals surface area contributed by atoms with Crippen molar-refractivity contribution in [3.8, 4) is 0 Å². The predicted molar refractivity (Wildman–Crippen MR) is 56.4 cm³/mol. The number of aryl methyl sites for hydroxylation is 1. The van der Waals surface area contributed by atoms with Crippen LogP contribution in [0.5, 0.6) is 0 Å². The summed E-state index contributed by atoms with van der Waals surface area (Å²) in [5, 5.41) is 11.6. The molecule has 1 aliphatic rings. The highest BCUT2D eigenvalue weighted by atomic mass is 16.4. The van der Waals surface area contributed by atoms with E-state index in [0.29, 0.717) is 5.69 Å². The van der Waals surface area contributed by atoms with Crippen LogP contribution in [0.1, 0.15) is 39.4 Å². The van der Waals surface area contributed by atoms with Gasteiger partial charge >= 0.3 is 5.97 Å². The van der Waals surface area contributed by atoms with Gasteiger partial charge in [-0.3, -0.25) is 4.79 Å². The molecule has 1 saturated carbocycles. The number of hydrogen-bond acceptors (Lipinski definition) is 3. The molecule has 0 saturated heterocycles. The van der Waals surface area contributed by atoms with Gasteiger partial charge in [-0.25, -0.2) is 9.78 Å². The molecule has 0 atom stereocenters. The van der Waals surface area contributed by atoms with Gasteiger partial charge in [-0.2, -0.15) is 0 Å². The maximum absolute atomic E-state index is 11.6. The quantitative estimate of drug-likeness (QED) is 0.795. The molecule has 0 bridgehead atoms. The molecular weight excluding hydrogens is 208 g/mol. The van der Waals surface area contributed by atoms with Crippen LogP contribution in [-0.2, 0) is 0 Å². The van der Waals surface area contributed by atoms with Crippen molar-refractivity contribution in [3.63, 3.8) is 0 Å². The van der Waals surface area contributed by atoms with Gasteiger partial charge in [-0.1, -0.05) is 0 Å². The maximum Gasteiger partial charge on any atom is 0.337 e. The number of nitrogens with zero attached hydrogens (tertiary/aromatic N) is 1. The van der Waals surface area contributed by atoms with Crippen LogP contribution in [0.2, 0.25) is 0 Å². The first-order valence-electron chi connectivity index (χ1n) is 5.09. The number of carbonyl (C=O) groups is 2. The SMILES string of the molecule is Cc1nc(C(=O)NC2CC2)ccc1C(=O)O. The average Bonchev–Trinajstić information content (AvgIpc) is 3.00. The van der Waals surface area contributed by atoms with E-state index in [1.165, 1.54) is 12.1 Å². The number of carboxylic acid groups (broad SMARTS) is 1. The number of hydrogen-bond donors (Lipinski definition) is 2. The maximum atomic E-state index is 11.6. The summed E-state index contributed by atoms with van der Waals surface area (Å²) in [6, 6.07) is 3.12. The largest absolute Gasteiger partial charge is 0.478 e. The molecule has 5 nitrogen and oxygen atoms in total. The molecule has 2 rings (SSSR count). The van der Waals surface area contributed by atoms with Crippen LogP contribution < -0.4 is 5.32 Å². The highest BCUT2D eigenvalue weighted by molar-refractivity contribution is 5.94. The number of aromatic carboxylic acids is 1. The van der Waals surface area contributed by atoms with E-state index in [4.69, 9.17) is 5.11 Å². The topological polar surface area (TPSA) is 79.3 Å². The Bertz CT molecular complexity index is 453. The van der Waals surface area contributed by atoms with Crippen molar-refractivity contribution in [3.05, 3.63) is 29.1 Å². The van der Waals surface area contributed by atoms with E-state index >= 15 is 0 Å². The third-order valence-corrected chi connectivity index (χ3v) is 2.46. The van der Waals surface area contributed by atoms with E-state index in [1.54, 1.807) is 6.92 Å². The zero-order chi connectivity index (χ0) is 11.7. The zero-order valence-electron chi connectivity index (χ0n) is 8.86. The number of carbonyl (C=O) groups excluding carboxylic acids is 1. The number of aromatic nitrogens is 1. The third kappa shape index (κ3) is 2.18. The second-order valence-corrected chi connectivity index (χ2v) is 3.88. The van der Waals surface area contributed by atoms with E-state index in [-0.39, 0.29) is 23.2 Å². The predicted octanol–water partition coefficient (Wildman–Crippen LogP) is 0.980. The van der Waals surface area contributed by atoms with Crippen LogP contribution in [-0.4, -0.2) is 28.0 Å². The Labute approximate surface area is 92.5 Å². The van der Waals surface area contributed by atoms with Crippen molar-refractivity contribution < 1.29 is 14.7 Å². The summed E-state index contributed by atoms with van der Waals surface area (Å²) in [4.78, 5) is 26.3. The summed E-state index contributed by atoms with van der Waals surface area (Å²) >= 11 is 0. The Morgan fingerprint density at radius 1 is 1.44 bits per heavy atom. The van der Waals surface area contributed by atoms with Crippen molar-refractivity contribution in [1.29, 1.82) is 0 Å². The Kier molecular flexibility index (Phi) is 2.60. The molecule has 0 spiro atoms. The molecular formula is C11H12N2O3. The smallest absolute Gasteiger partial charge is 0.337 e. The molecule has 1 amide bonds. The van der Waals surface area contributed by atoms with Gasteiger partial charge in [-0.05, 0) is 31.9 Å². The monoisotopic (exact) mass is 220 g/mol. The molecule has 0 aromatic carbocycles. The van der Waals surface area contributed by atoms with Gasteiger partial charge < -0.3 is 10.4 Å². The molecule has 1 aromatic rings.